The number of nitrogens with one attached hydrogen (secondary N) is 2. The molecule has 0 aromatic rings. The van der Waals surface area contributed by atoms with Gasteiger partial charge in [0, 0.05) is 6.04 Å². The summed E-state index contributed by atoms with van der Waals surface area (Å²) < 4.78 is 35.7. The van der Waals surface area contributed by atoms with Gasteiger partial charge in [0.25, 0.3) is 0 Å². The van der Waals surface area contributed by atoms with Crippen LogP contribution in [0.2, 0.25) is 0 Å². The van der Waals surface area contributed by atoms with Crippen LogP contribution >= 0.6 is 0 Å². The Morgan fingerprint density at radius 1 is 1.15 bits per heavy atom. The Morgan fingerprint density at radius 2 is 1.62 bits per heavy atom. The van der Waals surface area contributed by atoms with Gasteiger partial charge in [-0.3, -0.25) is 0 Å². The van der Waals surface area contributed by atoms with Crippen LogP contribution in [0.5, 0.6) is 0 Å². The van der Waals surface area contributed by atoms with Crippen molar-refractivity contribution in [3.05, 3.63) is 0 Å². The lowest BCUT2D eigenvalue weighted by molar-refractivity contribution is -0.148. The third-order valence-electron chi connectivity index (χ3n) is 1.26. The van der Waals surface area contributed by atoms with Gasteiger partial charge < -0.3 is 10.6 Å². The number of alkyl halides is 3. The molecule has 0 spiro atoms. The molecule has 0 aliphatic rings. The van der Waals surface area contributed by atoms with Gasteiger partial charge in [0.15, 0.2) is 0 Å². The van der Waals surface area contributed by atoms with Crippen LogP contribution in [0.15, 0.2) is 0 Å². The number of carbonyl (C=O) groups is 1. The third-order valence-corrected chi connectivity index (χ3v) is 1.26. The van der Waals surface area contributed by atoms with E-state index in [1.54, 1.807) is 19.2 Å². The summed E-state index contributed by atoms with van der Waals surface area (Å²) in [6, 6.07) is -2.81. The second kappa shape index (κ2) is 4.34. The highest BCUT2D eigenvalue weighted by molar-refractivity contribution is 5.74. The molecule has 0 aliphatic carbocycles. The van der Waals surface area contributed by atoms with Gasteiger partial charge in [-0.25, -0.2) is 4.79 Å². The lowest BCUT2D eigenvalue weighted by atomic mass is 10.3. The predicted octanol–water partition coefficient (Wildman–Crippen LogP) is 1.64. The minimum Gasteiger partial charge on any atom is -0.336 e. The quantitative estimate of drug-likeness (QED) is 0.695. The zero-order valence-electron chi connectivity index (χ0n) is 7.70. The molecule has 6 heteroatoms. The lowest BCUT2D eigenvalue weighted by Gasteiger charge is -2.18. The predicted molar refractivity (Wildman–Crippen MR) is 42.3 cm³/mol. The molecule has 0 saturated carbocycles. The molecule has 3 nitrogen and oxygen atoms in total. The molecule has 1 atom stereocenters. The van der Waals surface area contributed by atoms with Crippen LogP contribution in [0.1, 0.15) is 20.8 Å². The van der Waals surface area contributed by atoms with E-state index in [0.717, 1.165) is 6.92 Å². The Morgan fingerprint density at radius 3 is 1.92 bits per heavy atom. The minimum absolute atomic E-state index is 0.180. The summed E-state index contributed by atoms with van der Waals surface area (Å²) in [7, 11) is 0. The van der Waals surface area contributed by atoms with Crippen LogP contribution in [0, 0.1) is 0 Å². The number of carbonyl (C=O) groups excluding carboxylic acids is 1. The summed E-state index contributed by atoms with van der Waals surface area (Å²) >= 11 is 0. The normalized spacial score (nSPS) is 14.1. The summed E-state index contributed by atoms with van der Waals surface area (Å²) in [5, 5.41) is 4.07. The standard InChI is InChI=1S/C7H13F3N2O/c1-4(2)11-6(13)12-5(3)7(8,9)10/h4-5H,1-3H3,(H2,11,12,13). The first-order valence-corrected chi connectivity index (χ1v) is 3.87. The van der Waals surface area contributed by atoms with E-state index in [2.05, 4.69) is 5.32 Å². The van der Waals surface area contributed by atoms with Crippen molar-refractivity contribution >= 4 is 6.03 Å². The third kappa shape index (κ3) is 5.32. The summed E-state index contributed by atoms with van der Waals surface area (Å²) in [6.07, 6.45) is -4.39. The fraction of sp³-hybridized carbons (Fsp3) is 0.857. The van der Waals surface area contributed by atoms with Gasteiger partial charge in [-0.2, -0.15) is 13.2 Å². The van der Waals surface area contributed by atoms with Crippen LogP contribution in [0.4, 0.5) is 18.0 Å². The topological polar surface area (TPSA) is 41.1 Å². The smallest absolute Gasteiger partial charge is 0.336 e. The second-order valence-electron chi connectivity index (χ2n) is 3.04. The number of hydrogen-bond donors (Lipinski definition) is 2. The van der Waals surface area contributed by atoms with E-state index in [1.165, 1.54) is 0 Å². The second-order valence-corrected chi connectivity index (χ2v) is 3.04. The molecule has 0 bridgehead atoms. The maximum atomic E-state index is 11.9. The molecule has 78 valence electrons. The molecule has 0 aromatic carbocycles. The van der Waals surface area contributed by atoms with Gasteiger partial charge in [0.05, 0.1) is 0 Å². The van der Waals surface area contributed by atoms with E-state index in [0.29, 0.717) is 0 Å². The molecule has 2 N–H and O–H groups in total. The van der Waals surface area contributed by atoms with Gasteiger partial charge in [-0.15, -0.1) is 0 Å². The zero-order valence-corrected chi connectivity index (χ0v) is 7.70. The van der Waals surface area contributed by atoms with Crippen molar-refractivity contribution < 1.29 is 18.0 Å². The Kier molecular flexibility index (Phi) is 4.03. The fourth-order valence-corrected chi connectivity index (χ4v) is 0.582. The van der Waals surface area contributed by atoms with Crippen LogP contribution < -0.4 is 10.6 Å². The Bertz CT molecular complexity index is 179. The molecule has 2 amide bonds. The number of amides is 2. The molecular weight excluding hydrogens is 185 g/mol. The minimum atomic E-state index is -4.39. The van der Waals surface area contributed by atoms with Crippen molar-refractivity contribution in [1.29, 1.82) is 0 Å². The van der Waals surface area contributed by atoms with Gasteiger partial charge in [0.1, 0.15) is 6.04 Å². The van der Waals surface area contributed by atoms with Crippen LogP contribution in [0.3, 0.4) is 0 Å². The highest BCUT2D eigenvalue weighted by Crippen LogP contribution is 2.19. The van der Waals surface area contributed by atoms with Crippen LogP contribution in [-0.4, -0.2) is 24.3 Å². The van der Waals surface area contributed by atoms with Crippen LogP contribution in [-0.2, 0) is 0 Å². The highest BCUT2D eigenvalue weighted by Gasteiger charge is 2.36. The first kappa shape index (κ1) is 12.1. The Balaban J connectivity index is 3.93. The monoisotopic (exact) mass is 198 g/mol. The van der Waals surface area contributed by atoms with E-state index in [-0.39, 0.29) is 6.04 Å². The van der Waals surface area contributed by atoms with E-state index >= 15 is 0 Å². The first-order valence-electron chi connectivity index (χ1n) is 3.87. The Labute approximate surface area is 74.7 Å². The van der Waals surface area contributed by atoms with Crippen molar-refractivity contribution in [3.8, 4) is 0 Å². The largest absolute Gasteiger partial charge is 0.408 e. The molecular formula is C7H13F3N2O. The van der Waals surface area contributed by atoms with Crippen molar-refractivity contribution in [2.45, 2.75) is 39.0 Å². The first-order chi connectivity index (χ1) is 5.73. The molecule has 13 heavy (non-hydrogen) atoms. The number of rotatable bonds is 2. The van der Waals surface area contributed by atoms with Crippen molar-refractivity contribution in [1.82, 2.24) is 10.6 Å². The van der Waals surface area contributed by atoms with Crippen molar-refractivity contribution in [2.24, 2.45) is 0 Å². The van der Waals surface area contributed by atoms with E-state index in [4.69, 9.17) is 0 Å². The van der Waals surface area contributed by atoms with Crippen molar-refractivity contribution in [2.75, 3.05) is 0 Å². The fourth-order valence-electron chi connectivity index (χ4n) is 0.582. The number of halogens is 3. The SMILES string of the molecule is CC(C)NC(=O)NC(C)C(F)(F)F. The van der Waals surface area contributed by atoms with E-state index < -0.39 is 18.2 Å². The van der Waals surface area contributed by atoms with Crippen molar-refractivity contribution in [3.63, 3.8) is 0 Å². The maximum absolute atomic E-state index is 11.9. The van der Waals surface area contributed by atoms with Gasteiger partial charge in [-0.1, -0.05) is 0 Å². The van der Waals surface area contributed by atoms with Gasteiger partial charge in [0.2, 0.25) is 0 Å². The molecule has 1 unspecified atom stereocenters. The average molecular weight is 198 g/mol. The molecule has 0 heterocycles. The van der Waals surface area contributed by atoms with E-state index in [9.17, 15) is 18.0 Å². The average Bonchev–Trinajstić information content (AvgIpc) is 1.82. The molecule has 0 saturated heterocycles. The molecule has 0 fully saturated rings. The molecule has 0 rings (SSSR count). The zero-order chi connectivity index (χ0) is 10.6. The molecule has 0 aliphatic heterocycles. The summed E-state index contributed by atoms with van der Waals surface area (Å²) in [5.41, 5.74) is 0. The summed E-state index contributed by atoms with van der Waals surface area (Å²) in [4.78, 5) is 10.8. The Hall–Kier alpha value is -0.940. The van der Waals surface area contributed by atoms with Crippen LogP contribution in [0.25, 0.3) is 0 Å². The molecule has 0 aromatic heterocycles. The highest BCUT2D eigenvalue weighted by atomic mass is 19.4. The molecule has 0 radical (unpaired) electrons. The lowest BCUT2D eigenvalue weighted by Crippen LogP contribution is -2.49. The van der Waals surface area contributed by atoms with Gasteiger partial charge >= 0.3 is 12.2 Å². The van der Waals surface area contributed by atoms with Gasteiger partial charge in [-0.05, 0) is 20.8 Å². The number of urea groups is 1. The summed E-state index contributed by atoms with van der Waals surface area (Å²) in [5.74, 6) is 0. The maximum Gasteiger partial charge on any atom is 0.408 e. The van der Waals surface area contributed by atoms with E-state index in [1.807, 2.05) is 0 Å². The number of hydrogen-bond acceptors (Lipinski definition) is 1. The summed E-state index contributed by atoms with van der Waals surface area (Å²) in [6.45, 7) is 4.22.